The second-order valence-corrected chi connectivity index (χ2v) is 6.09. The third-order valence-electron chi connectivity index (χ3n) is 3.44. The third kappa shape index (κ3) is 5.54. The fourth-order valence-electron chi connectivity index (χ4n) is 2.03. The molecule has 0 bridgehead atoms. The number of ketones is 1. The van der Waals surface area contributed by atoms with E-state index in [4.69, 9.17) is 4.74 Å². The maximum atomic E-state index is 11.9. The van der Waals surface area contributed by atoms with Crippen LogP contribution in [0, 0.1) is 0 Å². The van der Waals surface area contributed by atoms with Crippen molar-refractivity contribution < 1.29 is 14.3 Å². The van der Waals surface area contributed by atoms with Crippen molar-refractivity contribution in [3.05, 3.63) is 42.0 Å². The molecule has 0 N–H and O–H groups in total. The van der Waals surface area contributed by atoms with Gasteiger partial charge in [0.25, 0.3) is 0 Å². The van der Waals surface area contributed by atoms with Crippen LogP contribution in [-0.4, -0.2) is 18.4 Å². The molecule has 0 amide bonds. The zero-order valence-electron chi connectivity index (χ0n) is 13.4. The Bertz CT molecular complexity index is 541. The van der Waals surface area contributed by atoms with E-state index in [0.29, 0.717) is 0 Å². The number of carbonyl (C=O) groups is 2. The van der Waals surface area contributed by atoms with Crippen LogP contribution in [0.25, 0.3) is 5.57 Å². The first-order valence-corrected chi connectivity index (χ1v) is 7.14. The van der Waals surface area contributed by atoms with Gasteiger partial charge < -0.3 is 4.74 Å². The quantitative estimate of drug-likeness (QED) is 0.714. The first kappa shape index (κ1) is 17.2. The molecule has 0 aliphatic rings. The monoisotopic (exact) mass is 288 g/mol. The smallest absolute Gasteiger partial charge is 0.306 e. The molecule has 1 aromatic rings. The van der Waals surface area contributed by atoms with Crippen LogP contribution in [0.15, 0.2) is 30.8 Å². The first-order chi connectivity index (χ1) is 9.72. The number of esters is 1. The fraction of sp³-hybridized carbons (Fsp3) is 0.444. The molecule has 0 atom stereocenters. The Morgan fingerprint density at radius 3 is 2.48 bits per heavy atom. The number of ether oxygens (including phenoxy) is 1. The summed E-state index contributed by atoms with van der Waals surface area (Å²) in [6, 6.07) is 8.05. The van der Waals surface area contributed by atoms with Gasteiger partial charge in [-0.3, -0.25) is 9.59 Å². The van der Waals surface area contributed by atoms with Crippen LogP contribution in [0.3, 0.4) is 0 Å². The number of hydrogen-bond donors (Lipinski definition) is 0. The van der Waals surface area contributed by atoms with Gasteiger partial charge in [-0.1, -0.05) is 50.3 Å². The van der Waals surface area contributed by atoms with Gasteiger partial charge in [-0.15, -0.1) is 0 Å². The second-order valence-electron chi connectivity index (χ2n) is 6.09. The van der Waals surface area contributed by atoms with Crippen molar-refractivity contribution in [2.24, 2.45) is 0 Å². The number of hydrogen-bond acceptors (Lipinski definition) is 3. The van der Waals surface area contributed by atoms with E-state index < -0.39 is 0 Å². The van der Waals surface area contributed by atoms with E-state index in [2.05, 4.69) is 12.6 Å². The Morgan fingerprint density at radius 2 is 1.90 bits per heavy atom. The van der Waals surface area contributed by atoms with Gasteiger partial charge in [0.1, 0.15) is 5.78 Å². The topological polar surface area (TPSA) is 43.4 Å². The molecule has 1 aromatic carbocycles. The lowest BCUT2D eigenvalue weighted by molar-refractivity contribution is -0.145. The molecule has 0 spiro atoms. The molecule has 0 unspecified atom stereocenters. The van der Waals surface area contributed by atoms with Crippen LogP contribution in [0.4, 0.5) is 0 Å². The highest BCUT2D eigenvalue weighted by Crippen LogP contribution is 2.29. The largest absolute Gasteiger partial charge is 0.465 e. The Labute approximate surface area is 127 Å². The number of Topliss-reactive ketones (excluding diaryl/α,β-unsaturated/α-hetero) is 1. The molecule has 114 valence electrons. The molecular weight excluding hydrogens is 264 g/mol. The molecule has 0 aromatic heterocycles. The zero-order chi connectivity index (χ0) is 16.0. The van der Waals surface area contributed by atoms with Crippen LogP contribution >= 0.6 is 0 Å². The normalized spacial score (nSPS) is 11.0. The number of rotatable bonds is 7. The van der Waals surface area contributed by atoms with Crippen LogP contribution in [0.5, 0.6) is 0 Å². The highest BCUT2D eigenvalue weighted by molar-refractivity contribution is 5.76. The van der Waals surface area contributed by atoms with E-state index in [1.165, 1.54) is 6.92 Å². The predicted octanol–water partition coefficient (Wildman–Crippen LogP) is 3.91. The van der Waals surface area contributed by atoms with E-state index in [1.807, 2.05) is 39.0 Å². The summed E-state index contributed by atoms with van der Waals surface area (Å²) in [5.74, 6) is -0.252. The van der Waals surface area contributed by atoms with Gasteiger partial charge in [-0.05, 0) is 25.0 Å². The minimum absolute atomic E-state index is 0.0243. The summed E-state index contributed by atoms with van der Waals surface area (Å²) >= 11 is 0. The summed E-state index contributed by atoms with van der Waals surface area (Å²) in [5.41, 5.74) is 2.83. The first-order valence-electron chi connectivity index (χ1n) is 7.14. The molecule has 0 saturated carbocycles. The van der Waals surface area contributed by atoms with Crippen LogP contribution in [0.1, 0.15) is 51.7 Å². The van der Waals surface area contributed by atoms with Crippen molar-refractivity contribution in [3.8, 4) is 0 Å². The lowest BCUT2D eigenvalue weighted by atomic mass is 9.80. The summed E-state index contributed by atoms with van der Waals surface area (Å²) < 4.78 is 5.11. The van der Waals surface area contributed by atoms with Crippen LogP contribution in [0.2, 0.25) is 0 Å². The summed E-state index contributed by atoms with van der Waals surface area (Å²) in [6.45, 7) is 11.6. The second kappa shape index (κ2) is 7.21. The molecule has 3 nitrogen and oxygen atoms in total. The number of benzene rings is 1. The molecule has 0 aliphatic heterocycles. The van der Waals surface area contributed by atoms with Gasteiger partial charge in [-0.25, -0.2) is 0 Å². The molecular formula is C18H24O3. The van der Waals surface area contributed by atoms with Crippen molar-refractivity contribution in [3.63, 3.8) is 0 Å². The van der Waals surface area contributed by atoms with E-state index >= 15 is 0 Å². The molecule has 0 heterocycles. The average Bonchev–Trinajstić information content (AvgIpc) is 2.37. The standard InChI is InChI=1S/C18H24O3/c1-13(2)15-7-6-8-16(11-15)18(4,5)12-17(20)21-10-9-14(3)19/h6-8,11H,1,9-10,12H2,2-5H3. The molecule has 21 heavy (non-hydrogen) atoms. The van der Waals surface area contributed by atoms with Gasteiger partial charge in [0.15, 0.2) is 0 Å². The summed E-state index contributed by atoms with van der Waals surface area (Å²) in [4.78, 5) is 22.7. The molecule has 0 saturated heterocycles. The molecule has 1 rings (SSSR count). The number of carbonyl (C=O) groups excluding carboxylic acids is 2. The van der Waals surface area contributed by atoms with Crippen molar-refractivity contribution >= 4 is 17.3 Å². The summed E-state index contributed by atoms with van der Waals surface area (Å²) in [5, 5.41) is 0. The maximum absolute atomic E-state index is 11.9. The van der Waals surface area contributed by atoms with E-state index in [1.54, 1.807) is 0 Å². The fourth-order valence-corrected chi connectivity index (χ4v) is 2.03. The van der Waals surface area contributed by atoms with Gasteiger partial charge >= 0.3 is 5.97 Å². The Kier molecular flexibility index (Phi) is 5.89. The van der Waals surface area contributed by atoms with E-state index in [9.17, 15) is 9.59 Å². The van der Waals surface area contributed by atoms with Gasteiger partial charge in [0, 0.05) is 11.8 Å². The van der Waals surface area contributed by atoms with Gasteiger partial charge in [-0.2, -0.15) is 0 Å². The van der Waals surface area contributed by atoms with Crippen molar-refractivity contribution in [1.29, 1.82) is 0 Å². The maximum Gasteiger partial charge on any atom is 0.306 e. The SMILES string of the molecule is C=C(C)c1cccc(C(C)(C)CC(=O)OCCC(C)=O)c1. The van der Waals surface area contributed by atoms with Crippen molar-refractivity contribution in [2.75, 3.05) is 6.61 Å². The van der Waals surface area contributed by atoms with Gasteiger partial charge in [0.2, 0.25) is 0 Å². The Morgan fingerprint density at radius 1 is 1.24 bits per heavy atom. The lowest BCUT2D eigenvalue weighted by Crippen LogP contribution is -2.23. The van der Waals surface area contributed by atoms with E-state index in [-0.39, 0.29) is 36.6 Å². The third-order valence-corrected chi connectivity index (χ3v) is 3.44. The highest BCUT2D eigenvalue weighted by atomic mass is 16.5. The predicted molar refractivity (Wildman–Crippen MR) is 85.1 cm³/mol. The lowest BCUT2D eigenvalue weighted by Gasteiger charge is -2.25. The van der Waals surface area contributed by atoms with Gasteiger partial charge in [0.05, 0.1) is 13.0 Å². The van der Waals surface area contributed by atoms with Crippen molar-refractivity contribution in [2.45, 2.75) is 46.0 Å². The Hall–Kier alpha value is -1.90. The van der Waals surface area contributed by atoms with Crippen LogP contribution < -0.4 is 0 Å². The molecule has 0 aliphatic carbocycles. The zero-order valence-corrected chi connectivity index (χ0v) is 13.4. The summed E-state index contributed by atoms with van der Waals surface area (Å²) in [7, 11) is 0. The Balaban J connectivity index is 2.72. The highest BCUT2D eigenvalue weighted by Gasteiger charge is 2.25. The minimum Gasteiger partial charge on any atom is -0.465 e. The van der Waals surface area contributed by atoms with Crippen LogP contribution in [-0.2, 0) is 19.7 Å². The molecule has 0 fully saturated rings. The average molecular weight is 288 g/mol. The molecule has 3 heteroatoms. The van der Waals surface area contributed by atoms with E-state index in [0.717, 1.165) is 16.7 Å². The minimum atomic E-state index is -0.321. The van der Waals surface area contributed by atoms with Crippen molar-refractivity contribution in [1.82, 2.24) is 0 Å². The summed E-state index contributed by atoms with van der Waals surface area (Å²) in [6.07, 6.45) is 0.557. The molecule has 0 radical (unpaired) electrons. The number of allylic oxidation sites excluding steroid dienone is 1.